The third-order valence-corrected chi connectivity index (χ3v) is 4.99. The second-order valence-electron chi connectivity index (χ2n) is 6.79. The summed E-state index contributed by atoms with van der Waals surface area (Å²) in [6, 6.07) is 14.0. The van der Waals surface area contributed by atoms with E-state index in [1.54, 1.807) is 23.1 Å². The van der Waals surface area contributed by atoms with Crippen LogP contribution in [0.2, 0.25) is 0 Å². The first kappa shape index (κ1) is 17.4. The van der Waals surface area contributed by atoms with Crippen LogP contribution >= 0.6 is 0 Å². The molecule has 1 aromatic heterocycles. The van der Waals surface area contributed by atoms with Crippen molar-refractivity contribution in [2.24, 2.45) is 0 Å². The highest BCUT2D eigenvalue weighted by Gasteiger charge is 2.27. The highest BCUT2D eigenvalue weighted by atomic mass is 19.1. The maximum absolute atomic E-state index is 14.0. The number of likely N-dealkylation sites (tertiary alicyclic amines) is 1. The maximum Gasteiger partial charge on any atom is 0.253 e. The van der Waals surface area contributed by atoms with Crippen LogP contribution in [-0.4, -0.2) is 34.1 Å². The fraction of sp³-hybridized carbons (Fsp3) is 0.238. The van der Waals surface area contributed by atoms with Crippen LogP contribution in [0.15, 0.2) is 54.6 Å². The standard InChI is InChI=1S/C21H19F2N3O/c22-16-9-7-14(8-10-16)21(27)26-11-3-4-15(13-26)19-12-20(25-24-19)17-5-1-2-6-18(17)23/h1-2,5-10,12,15H,3-4,11,13H2,(H,24,25)/t15-/m0/s1. The van der Waals surface area contributed by atoms with Gasteiger partial charge < -0.3 is 4.90 Å². The van der Waals surface area contributed by atoms with Crippen LogP contribution in [-0.2, 0) is 0 Å². The zero-order valence-electron chi connectivity index (χ0n) is 14.7. The first-order chi connectivity index (χ1) is 13.1. The van der Waals surface area contributed by atoms with Gasteiger partial charge in [-0.1, -0.05) is 12.1 Å². The predicted molar refractivity (Wildman–Crippen MR) is 98.3 cm³/mol. The SMILES string of the molecule is O=C(c1ccc(F)cc1)N1CCC[C@H](c2cc(-c3ccccc3F)n[nH]2)C1. The van der Waals surface area contributed by atoms with Gasteiger partial charge in [0.05, 0.1) is 5.69 Å². The number of rotatable bonds is 3. The van der Waals surface area contributed by atoms with Gasteiger partial charge in [0.25, 0.3) is 5.91 Å². The van der Waals surface area contributed by atoms with Gasteiger partial charge >= 0.3 is 0 Å². The van der Waals surface area contributed by atoms with Crippen molar-refractivity contribution in [2.45, 2.75) is 18.8 Å². The van der Waals surface area contributed by atoms with E-state index < -0.39 is 0 Å². The van der Waals surface area contributed by atoms with Gasteiger partial charge in [-0.2, -0.15) is 5.10 Å². The van der Waals surface area contributed by atoms with Crippen molar-refractivity contribution >= 4 is 5.91 Å². The molecule has 0 unspecified atom stereocenters. The Morgan fingerprint density at radius 2 is 1.89 bits per heavy atom. The summed E-state index contributed by atoms with van der Waals surface area (Å²) < 4.78 is 27.1. The number of carbonyl (C=O) groups is 1. The number of halogens is 2. The Labute approximate surface area is 155 Å². The first-order valence-electron chi connectivity index (χ1n) is 8.97. The Kier molecular flexibility index (Phi) is 4.71. The molecule has 27 heavy (non-hydrogen) atoms. The van der Waals surface area contributed by atoms with E-state index >= 15 is 0 Å². The van der Waals surface area contributed by atoms with Gasteiger partial charge in [0.1, 0.15) is 11.6 Å². The van der Waals surface area contributed by atoms with E-state index in [1.807, 2.05) is 6.07 Å². The number of carbonyl (C=O) groups excluding carboxylic acids is 1. The number of nitrogens with one attached hydrogen (secondary N) is 1. The van der Waals surface area contributed by atoms with Crippen molar-refractivity contribution in [3.63, 3.8) is 0 Å². The number of H-pyrrole nitrogens is 1. The lowest BCUT2D eigenvalue weighted by Gasteiger charge is -2.32. The summed E-state index contributed by atoms with van der Waals surface area (Å²) in [6.45, 7) is 1.22. The molecule has 0 spiro atoms. The van der Waals surface area contributed by atoms with Crippen LogP contribution < -0.4 is 0 Å². The van der Waals surface area contributed by atoms with E-state index in [0.717, 1.165) is 18.5 Å². The number of piperidine rings is 1. The van der Waals surface area contributed by atoms with Crippen molar-refractivity contribution < 1.29 is 13.6 Å². The zero-order chi connectivity index (χ0) is 18.8. The number of hydrogen-bond donors (Lipinski definition) is 1. The highest BCUT2D eigenvalue weighted by Crippen LogP contribution is 2.29. The lowest BCUT2D eigenvalue weighted by Crippen LogP contribution is -2.39. The second kappa shape index (κ2) is 7.31. The quantitative estimate of drug-likeness (QED) is 0.747. The number of aromatic nitrogens is 2. The van der Waals surface area contributed by atoms with Gasteiger partial charge in [0.15, 0.2) is 0 Å². The van der Waals surface area contributed by atoms with Gasteiger partial charge in [0.2, 0.25) is 0 Å². The molecule has 0 bridgehead atoms. The number of nitrogens with zero attached hydrogens (tertiary/aromatic N) is 2. The Hall–Kier alpha value is -3.02. The van der Waals surface area contributed by atoms with Gasteiger partial charge in [-0.15, -0.1) is 0 Å². The largest absolute Gasteiger partial charge is 0.338 e. The molecule has 1 saturated heterocycles. The Bertz CT molecular complexity index is 952. The Morgan fingerprint density at radius 3 is 2.67 bits per heavy atom. The first-order valence-corrected chi connectivity index (χ1v) is 8.97. The molecule has 6 heteroatoms. The third kappa shape index (κ3) is 3.60. The molecular weight excluding hydrogens is 348 g/mol. The Morgan fingerprint density at radius 1 is 1.11 bits per heavy atom. The minimum absolute atomic E-state index is 0.103. The third-order valence-electron chi connectivity index (χ3n) is 4.99. The van der Waals surface area contributed by atoms with Crippen molar-refractivity contribution in [1.29, 1.82) is 0 Å². The molecule has 0 aliphatic carbocycles. The lowest BCUT2D eigenvalue weighted by atomic mass is 9.93. The minimum Gasteiger partial charge on any atom is -0.338 e. The minimum atomic E-state index is -0.360. The maximum atomic E-state index is 14.0. The molecule has 3 aromatic rings. The van der Waals surface area contributed by atoms with Crippen LogP contribution in [0.3, 0.4) is 0 Å². The van der Waals surface area contributed by atoms with Crippen LogP contribution in [0.5, 0.6) is 0 Å². The normalized spacial score (nSPS) is 17.1. The van der Waals surface area contributed by atoms with Gasteiger partial charge in [-0.3, -0.25) is 9.89 Å². The average molecular weight is 367 g/mol. The Balaban J connectivity index is 1.51. The van der Waals surface area contributed by atoms with Crippen molar-refractivity contribution in [2.75, 3.05) is 13.1 Å². The predicted octanol–water partition coefficient (Wildman–Crippen LogP) is 4.37. The zero-order valence-corrected chi connectivity index (χ0v) is 14.7. The number of benzene rings is 2. The average Bonchev–Trinajstić information content (AvgIpc) is 3.18. The molecule has 1 aliphatic rings. The second-order valence-corrected chi connectivity index (χ2v) is 6.79. The smallest absolute Gasteiger partial charge is 0.253 e. The van der Waals surface area contributed by atoms with Gasteiger partial charge in [0, 0.05) is 35.8 Å². The molecule has 1 fully saturated rings. The molecule has 1 atom stereocenters. The number of aromatic amines is 1. The molecule has 0 radical (unpaired) electrons. The molecule has 1 aliphatic heterocycles. The fourth-order valence-corrected chi connectivity index (χ4v) is 3.54. The van der Waals surface area contributed by atoms with Gasteiger partial charge in [-0.25, -0.2) is 8.78 Å². The number of hydrogen-bond acceptors (Lipinski definition) is 2. The van der Waals surface area contributed by atoms with E-state index in [0.29, 0.717) is 29.9 Å². The molecule has 4 rings (SSSR count). The molecule has 138 valence electrons. The molecular formula is C21H19F2N3O. The van der Waals surface area contributed by atoms with Crippen LogP contribution in [0.4, 0.5) is 8.78 Å². The summed E-state index contributed by atoms with van der Waals surface area (Å²) in [7, 11) is 0. The summed E-state index contributed by atoms with van der Waals surface area (Å²) in [5, 5.41) is 7.25. The van der Waals surface area contributed by atoms with Gasteiger partial charge in [-0.05, 0) is 55.3 Å². The summed E-state index contributed by atoms with van der Waals surface area (Å²) >= 11 is 0. The molecule has 2 aromatic carbocycles. The van der Waals surface area contributed by atoms with Crippen molar-refractivity contribution in [3.8, 4) is 11.3 Å². The summed E-state index contributed by atoms with van der Waals surface area (Å²) in [5.41, 5.74) is 2.39. The van der Waals surface area contributed by atoms with Crippen molar-refractivity contribution in [1.82, 2.24) is 15.1 Å². The van der Waals surface area contributed by atoms with Crippen LogP contribution in [0.1, 0.15) is 34.8 Å². The molecule has 2 heterocycles. The fourth-order valence-electron chi connectivity index (χ4n) is 3.54. The van der Waals surface area contributed by atoms with E-state index in [1.165, 1.54) is 30.3 Å². The van der Waals surface area contributed by atoms with E-state index in [4.69, 9.17) is 0 Å². The van der Waals surface area contributed by atoms with E-state index in [2.05, 4.69) is 10.2 Å². The number of amides is 1. The van der Waals surface area contributed by atoms with Crippen LogP contribution in [0.25, 0.3) is 11.3 Å². The van der Waals surface area contributed by atoms with E-state index in [9.17, 15) is 13.6 Å². The summed E-state index contributed by atoms with van der Waals surface area (Å²) in [6.07, 6.45) is 1.79. The van der Waals surface area contributed by atoms with Crippen LogP contribution in [0, 0.1) is 11.6 Å². The monoisotopic (exact) mass is 367 g/mol. The summed E-state index contributed by atoms with van der Waals surface area (Å²) in [4.78, 5) is 14.5. The molecule has 4 nitrogen and oxygen atoms in total. The lowest BCUT2D eigenvalue weighted by molar-refractivity contribution is 0.0706. The summed E-state index contributed by atoms with van der Waals surface area (Å²) in [5.74, 6) is -0.668. The topological polar surface area (TPSA) is 49.0 Å². The van der Waals surface area contributed by atoms with E-state index in [-0.39, 0.29) is 23.5 Å². The van der Waals surface area contributed by atoms with Crippen molar-refractivity contribution in [3.05, 3.63) is 77.5 Å². The molecule has 1 N–H and O–H groups in total. The molecule has 0 saturated carbocycles. The molecule has 1 amide bonds. The highest BCUT2D eigenvalue weighted by molar-refractivity contribution is 5.94.